The lowest BCUT2D eigenvalue weighted by molar-refractivity contribution is -0.150. The van der Waals surface area contributed by atoms with E-state index in [1.165, 1.54) is 4.90 Å². The van der Waals surface area contributed by atoms with Gasteiger partial charge in [-0.1, -0.05) is 6.92 Å². The van der Waals surface area contributed by atoms with Crippen LogP contribution in [0.2, 0.25) is 0 Å². The number of nitrogens with zero attached hydrogens (tertiary/aromatic N) is 1. The Hall–Kier alpha value is -1.06. The Morgan fingerprint density at radius 1 is 1.38 bits per heavy atom. The van der Waals surface area contributed by atoms with Crippen LogP contribution in [0.1, 0.15) is 40.5 Å². The molecule has 92 valence electrons. The van der Waals surface area contributed by atoms with Gasteiger partial charge in [-0.15, -0.1) is 0 Å². The van der Waals surface area contributed by atoms with Crippen LogP contribution in [-0.4, -0.2) is 34.0 Å². The lowest BCUT2D eigenvalue weighted by Crippen LogP contribution is -2.50. The van der Waals surface area contributed by atoms with E-state index in [2.05, 4.69) is 0 Å². The van der Waals surface area contributed by atoms with Crippen LogP contribution >= 0.6 is 0 Å². The van der Waals surface area contributed by atoms with Crippen molar-refractivity contribution in [2.75, 3.05) is 6.54 Å². The first-order valence-corrected chi connectivity index (χ1v) is 5.76. The Labute approximate surface area is 96.6 Å². The molecule has 0 radical (unpaired) electrons. The highest BCUT2D eigenvalue weighted by Crippen LogP contribution is 2.38. The fourth-order valence-electron chi connectivity index (χ4n) is 1.82. The Balaban J connectivity index is 2.74. The van der Waals surface area contributed by atoms with Gasteiger partial charge in [-0.3, -0.25) is 9.59 Å². The van der Waals surface area contributed by atoms with Gasteiger partial charge < -0.3 is 10.0 Å². The van der Waals surface area contributed by atoms with Crippen molar-refractivity contribution < 1.29 is 14.7 Å². The van der Waals surface area contributed by atoms with Crippen molar-refractivity contribution in [2.24, 2.45) is 11.8 Å². The predicted molar refractivity (Wildman–Crippen MR) is 61.0 cm³/mol. The third-order valence-corrected chi connectivity index (χ3v) is 3.09. The van der Waals surface area contributed by atoms with Gasteiger partial charge in [0.15, 0.2) is 0 Å². The molecule has 0 bridgehead atoms. The fourth-order valence-corrected chi connectivity index (χ4v) is 1.82. The summed E-state index contributed by atoms with van der Waals surface area (Å²) in [4.78, 5) is 24.4. The fraction of sp³-hybridized carbons (Fsp3) is 0.833. The number of aliphatic carboxylic acids is 1. The van der Waals surface area contributed by atoms with Gasteiger partial charge in [0.1, 0.15) is 6.54 Å². The van der Waals surface area contributed by atoms with Crippen molar-refractivity contribution in [3.05, 3.63) is 0 Å². The Kier molecular flexibility index (Phi) is 3.61. The minimum absolute atomic E-state index is 0.0302. The van der Waals surface area contributed by atoms with E-state index in [0.29, 0.717) is 5.92 Å². The third kappa shape index (κ3) is 3.22. The molecule has 1 saturated carbocycles. The van der Waals surface area contributed by atoms with E-state index in [-0.39, 0.29) is 18.4 Å². The molecule has 0 saturated heterocycles. The molecule has 1 rings (SSSR count). The standard InChI is InChI=1S/C12H21NO3/c1-8(9-5-6-9)11(16)13(7-10(14)15)12(2,3)4/h8-9H,5-7H2,1-4H3,(H,14,15). The SMILES string of the molecule is CC(C(=O)N(CC(=O)O)C(C)(C)C)C1CC1. The quantitative estimate of drug-likeness (QED) is 0.796. The second kappa shape index (κ2) is 4.44. The molecule has 4 nitrogen and oxygen atoms in total. The maximum Gasteiger partial charge on any atom is 0.323 e. The van der Waals surface area contributed by atoms with E-state index >= 15 is 0 Å². The molecule has 1 aliphatic carbocycles. The van der Waals surface area contributed by atoms with Gasteiger partial charge >= 0.3 is 5.97 Å². The zero-order chi connectivity index (χ0) is 12.5. The largest absolute Gasteiger partial charge is 0.480 e. The summed E-state index contributed by atoms with van der Waals surface area (Å²) in [5, 5.41) is 8.84. The van der Waals surface area contributed by atoms with Crippen molar-refractivity contribution in [3.63, 3.8) is 0 Å². The Morgan fingerprint density at radius 3 is 2.19 bits per heavy atom. The minimum atomic E-state index is -0.953. The monoisotopic (exact) mass is 227 g/mol. The number of rotatable bonds is 4. The lowest BCUT2D eigenvalue weighted by Gasteiger charge is -2.36. The maximum absolute atomic E-state index is 12.2. The van der Waals surface area contributed by atoms with Gasteiger partial charge in [0.05, 0.1) is 0 Å². The van der Waals surface area contributed by atoms with Crippen LogP contribution in [0.3, 0.4) is 0 Å². The van der Waals surface area contributed by atoms with Crippen LogP contribution in [0.4, 0.5) is 0 Å². The first-order valence-electron chi connectivity index (χ1n) is 5.76. The average molecular weight is 227 g/mol. The van der Waals surface area contributed by atoms with Crippen molar-refractivity contribution in [1.29, 1.82) is 0 Å². The number of carboxylic acids is 1. The van der Waals surface area contributed by atoms with E-state index < -0.39 is 11.5 Å². The number of hydrogen-bond acceptors (Lipinski definition) is 2. The van der Waals surface area contributed by atoms with E-state index in [0.717, 1.165) is 12.8 Å². The van der Waals surface area contributed by atoms with Crippen molar-refractivity contribution >= 4 is 11.9 Å². The van der Waals surface area contributed by atoms with E-state index in [9.17, 15) is 9.59 Å². The van der Waals surface area contributed by atoms with Crippen molar-refractivity contribution in [3.8, 4) is 0 Å². The lowest BCUT2D eigenvalue weighted by atomic mass is 9.99. The number of carbonyl (C=O) groups is 2. The van der Waals surface area contributed by atoms with Gasteiger partial charge in [0.2, 0.25) is 5.91 Å². The zero-order valence-electron chi connectivity index (χ0n) is 10.5. The average Bonchev–Trinajstić information content (AvgIpc) is 2.92. The molecule has 0 aromatic carbocycles. The number of carboxylic acid groups (broad SMARTS) is 1. The Bertz CT molecular complexity index is 289. The molecule has 1 aliphatic rings. The first-order chi connectivity index (χ1) is 7.23. The van der Waals surface area contributed by atoms with Crippen LogP contribution in [-0.2, 0) is 9.59 Å². The molecule has 1 amide bonds. The van der Waals surface area contributed by atoms with Crippen LogP contribution in [0.15, 0.2) is 0 Å². The summed E-state index contributed by atoms with van der Waals surface area (Å²) in [6.07, 6.45) is 2.19. The highest BCUT2D eigenvalue weighted by Gasteiger charge is 2.38. The molecule has 1 N–H and O–H groups in total. The smallest absolute Gasteiger partial charge is 0.323 e. The maximum atomic E-state index is 12.2. The minimum Gasteiger partial charge on any atom is -0.480 e. The summed E-state index contributed by atoms with van der Waals surface area (Å²) in [6, 6.07) is 0. The number of carbonyl (C=O) groups excluding carboxylic acids is 1. The molecule has 4 heteroatoms. The van der Waals surface area contributed by atoms with Crippen LogP contribution in [0.5, 0.6) is 0 Å². The van der Waals surface area contributed by atoms with Gasteiger partial charge in [-0.25, -0.2) is 0 Å². The van der Waals surface area contributed by atoms with Gasteiger partial charge in [0.25, 0.3) is 0 Å². The third-order valence-electron chi connectivity index (χ3n) is 3.09. The summed E-state index contributed by atoms with van der Waals surface area (Å²) in [5.74, 6) is -0.562. The molecule has 1 atom stereocenters. The summed E-state index contributed by atoms with van der Waals surface area (Å²) in [5.41, 5.74) is -0.432. The highest BCUT2D eigenvalue weighted by atomic mass is 16.4. The van der Waals surface area contributed by atoms with Gasteiger partial charge in [-0.05, 0) is 39.5 Å². The molecule has 16 heavy (non-hydrogen) atoms. The number of hydrogen-bond donors (Lipinski definition) is 1. The van der Waals surface area contributed by atoms with E-state index in [1.807, 2.05) is 27.7 Å². The van der Waals surface area contributed by atoms with Crippen molar-refractivity contribution in [1.82, 2.24) is 4.90 Å². The highest BCUT2D eigenvalue weighted by molar-refractivity contribution is 5.84. The first kappa shape index (κ1) is 13.0. The summed E-state index contributed by atoms with van der Waals surface area (Å²) in [7, 11) is 0. The zero-order valence-corrected chi connectivity index (χ0v) is 10.5. The molecular weight excluding hydrogens is 206 g/mol. The van der Waals surface area contributed by atoms with Gasteiger partial charge in [0, 0.05) is 11.5 Å². The number of amides is 1. The van der Waals surface area contributed by atoms with Gasteiger partial charge in [-0.2, -0.15) is 0 Å². The second-order valence-corrected chi connectivity index (χ2v) is 5.62. The predicted octanol–water partition coefficient (Wildman–Crippen LogP) is 1.74. The Morgan fingerprint density at radius 2 is 1.88 bits per heavy atom. The summed E-state index contributed by atoms with van der Waals surface area (Å²) >= 11 is 0. The van der Waals surface area contributed by atoms with Crippen LogP contribution in [0.25, 0.3) is 0 Å². The summed E-state index contributed by atoms with van der Waals surface area (Å²) in [6.45, 7) is 7.30. The molecule has 0 aromatic heterocycles. The summed E-state index contributed by atoms with van der Waals surface area (Å²) < 4.78 is 0. The molecule has 1 fully saturated rings. The second-order valence-electron chi connectivity index (χ2n) is 5.62. The van der Waals surface area contributed by atoms with Crippen molar-refractivity contribution in [2.45, 2.75) is 46.1 Å². The molecule has 0 heterocycles. The normalized spacial score (nSPS) is 18.0. The topological polar surface area (TPSA) is 57.6 Å². The van der Waals surface area contributed by atoms with Crippen LogP contribution < -0.4 is 0 Å². The molecule has 0 aliphatic heterocycles. The van der Waals surface area contributed by atoms with E-state index in [4.69, 9.17) is 5.11 Å². The van der Waals surface area contributed by atoms with E-state index in [1.54, 1.807) is 0 Å². The molecular formula is C12H21NO3. The molecule has 1 unspecified atom stereocenters. The molecule has 0 spiro atoms. The molecule has 0 aromatic rings. The van der Waals surface area contributed by atoms with Crippen LogP contribution in [0, 0.1) is 11.8 Å².